The van der Waals surface area contributed by atoms with E-state index in [1.54, 1.807) is 20.1 Å². The third-order valence-electron chi connectivity index (χ3n) is 3.56. The molecule has 1 N–H and O–H groups in total. The number of rotatable bonds is 6. The molecule has 2 rings (SSSR count). The van der Waals surface area contributed by atoms with Crippen LogP contribution in [0.4, 0.5) is 0 Å². The first kappa shape index (κ1) is 18.0. The Morgan fingerprint density at radius 3 is 2.58 bits per heavy atom. The van der Waals surface area contributed by atoms with Gasteiger partial charge in [0.1, 0.15) is 5.75 Å². The highest BCUT2D eigenvalue weighted by Crippen LogP contribution is 2.22. The van der Waals surface area contributed by atoms with Crippen LogP contribution in [0.25, 0.3) is 0 Å². The van der Waals surface area contributed by atoms with Crippen molar-refractivity contribution in [2.75, 3.05) is 7.11 Å². The van der Waals surface area contributed by atoms with Crippen molar-refractivity contribution in [2.45, 2.75) is 33.4 Å². The molecule has 0 saturated carbocycles. The van der Waals surface area contributed by atoms with Crippen molar-refractivity contribution in [3.05, 3.63) is 51.2 Å². The van der Waals surface area contributed by atoms with Crippen LogP contribution < -0.4 is 10.1 Å². The lowest BCUT2D eigenvalue weighted by atomic mass is 10.2. The maximum atomic E-state index is 12.2. The SMILES string of the molecule is COc1ccccc1CNC(=O)[C@@H](C)OC(=O)c1cc(C)sc1C. The number of hydrogen-bond acceptors (Lipinski definition) is 5. The van der Waals surface area contributed by atoms with Crippen molar-refractivity contribution in [3.63, 3.8) is 0 Å². The minimum Gasteiger partial charge on any atom is -0.496 e. The molecule has 5 nitrogen and oxygen atoms in total. The van der Waals surface area contributed by atoms with Gasteiger partial charge in [0.15, 0.2) is 6.10 Å². The van der Waals surface area contributed by atoms with Crippen LogP contribution in [-0.2, 0) is 16.1 Å². The quantitative estimate of drug-likeness (QED) is 0.815. The second-order valence-corrected chi connectivity index (χ2v) is 6.86. The van der Waals surface area contributed by atoms with Gasteiger partial charge in [-0.05, 0) is 32.9 Å². The highest BCUT2D eigenvalue weighted by Gasteiger charge is 2.21. The third kappa shape index (κ3) is 4.35. The number of carbonyl (C=O) groups is 2. The number of hydrogen-bond donors (Lipinski definition) is 1. The largest absolute Gasteiger partial charge is 0.496 e. The number of aryl methyl sites for hydroxylation is 2. The van der Waals surface area contributed by atoms with E-state index in [2.05, 4.69) is 5.32 Å². The number of benzene rings is 1. The van der Waals surface area contributed by atoms with Gasteiger partial charge in [-0.15, -0.1) is 11.3 Å². The van der Waals surface area contributed by atoms with Crippen LogP contribution in [0.15, 0.2) is 30.3 Å². The predicted octanol–water partition coefficient (Wildman–Crippen LogP) is 3.24. The fraction of sp³-hybridized carbons (Fsp3) is 0.333. The molecule has 1 heterocycles. The van der Waals surface area contributed by atoms with Crippen molar-refractivity contribution in [1.29, 1.82) is 0 Å². The van der Waals surface area contributed by atoms with Crippen LogP contribution >= 0.6 is 11.3 Å². The van der Waals surface area contributed by atoms with E-state index in [1.165, 1.54) is 11.3 Å². The second-order valence-electron chi connectivity index (χ2n) is 5.40. The Morgan fingerprint density at radius 2 is 1.96 bits per heavy atom. The number of ether oxygens (including phenoxy) is 2. The highest BCUT2D eigenvalue weighted by molar-refractivity contribution is 7.12. The first-order chi connectivity index (χ1) is 11.4. The maximum absolute atomic E-state index is 12.2. The number of carbonyl (C=O) groups excluding carboxylic acids is 2. The molecule has 1 aromatic heterocycles. The van der Waals surface area contributed by atoms with Gasteiger partial charge in [0.05, 0.1) is 12.7 Å². The fourth-order valence-corrected chi connectivity index (χ4v) is 3.20. The predicted molar refractivity (Wildman–Crippen MR) is 93.5 cm³/mol. The zero-order valence-electron chi connectivity index (χ0n) is 14.2. The molecule has 0 aliphatic rings. The summed E-state index contributed by atoms with van der Waals surface area (Å²) < 4.78 is 10.5. The minimum absolute atomic E-state index is 0.307. The van der Waals surface area contributed by atoms with Gasteiger partial charge in [0.2, 0.25) is 0 Å². The molecule has 0 unspecified atom stereocenters. The second kappa shape index (κ2) is 7.97. The molecule has 0 aliphatic heterocycles. The molecule has 0 saturated heterocycles. The first-order valence-corrected chi connectivity index (χ1v) is 8.41. The number of amides is 1. The summed E-state index contributed by atoms with van der Waals surface area (Å²) in [7, 11) is 1.58. The number of nitrogens with one attached hydrogen (secondary N) is 1. The van der Waals surface area contributed by atoms with Gasteiger partial charge in [-0.1, -0.05) is 18.2 Å². The van der Waals surface area contributed by atoms with E-state index in [0.29, 0.717) is 17.9 Å². The van der Waals surface area contributed by atoms with Crippen molar-refractivity contribution >= 4 is 23.2 Å². The number of methoxy groups -OCH3 is 1. The van der Waals surface area contributed by atoms with Gasteiger partial charge in [-0.25, -0.2) is 4.79 Å². The van der Waals surface area contributed by atoms with Crippen molar-refractivity contribution in [2.24, 2.45) is 0 Å². The summed E-state index contributed by atoms with van der Waals surface area (Å²) in [5, 5.41) is 2.76. The Balaban J connectivity index is 1.92. The monoisotopic (exact) mass is 347 g/mol. The van der Waals surface area contributed by atoms with Crippen molar-refractivity contribution < 1.29 is 19.1 Å². The van der Waals surface area contributed by atoms with Crippen LogP contribution in [0.2, 0.25) is 0 Å². The maximum Gasteiger partial charge on any atom is 0.340 e. The molecule has 1 atom stereocenters. The van der Waals surface area contributed by atoms with Crippen LogP contribution in [0.5, 0.6) is 5.75 Å². The lowest BCUT2D eigenvalue weighted by Gasteiger charge is -2.14. The van der Waals surface area contributed by atoms with Gasteiger partial charge < -0.3 is 14.8 Å². The summed E-state index contributed by atoms with van der Waals surface area (Å²) in [4.78, 5) is 26.2. The highest BCUT2D eigenvalue weighted by atomic mass is 32.1. The van der Waals surface area contributed by atoms with Gasteiger partial charge in [-0.2, -0.15) is 0 Å². The summed E-state index contributed by atoms with van der Waals surface area (Å²) in [6, 6.07) is 9.20. The summed E-state index contributed by atoms with van der Waals surface area (Å²) in [5.41, 5.74) is 1.37. The Labute approximate surface area is 145 Å². The Kier molecular flexibility index (Phi) is 5.98. The van der Waals surface area contributed by atoms with E-state index in [-0.39, 0.29) is 5.91 Å². The van der Waals surface area contributed by atoms with Crippen molar-refractivity contribution in [3.8, 4) is 5.75 Å². The molecule has 128 valence electrons. The smallest absolute Gasteiger partial charge is 0.340 e. The number of para-hydroxylation sites is 1. The van der Waals surface area contributed by atoms with E-state index in [0.717, 1.165) is 15.3 Å². The third-order valence-corrected chi connectivity index (χ3v) is 4.53. The Morgan fingerprint density at radius 1 is 1.25 bits per heavy atom. The van der Waals surface area contributed by atoms with E-state index >= 15 is 0 Å². The van der Waals surface area contributed by atoms with E-state index in [4.69, 9.17) is 9.47 Å². The zero-order valence-corrected chi connectivity index (χ0v) is 15.0. The molecule has 6 heteroatoms. The zero-order chi connectivity index (χ0) is 17.7. The van der Waals surface area contributed by atoms with Crippen LogP contribution in [0.1, 0.15) is 32.6 Å². The standard InChI is InChI=1S/C18H21NO4S/c1-11-9-15(13(3)24-11)18(21)23-12(2)17(20)19-10-14-7-5-6-8-16(14)22-4/h5-9,12H,10H2,1-4H3,(H,19,20)/t12-/m1/s1. The summed E-state index contributed by atoms with van der Waals surface area (Å²) in [6.07, 6.45) is -0.869. The molecule has 2 aromatic rings. The van der Waals surface area contributed by atoms with E-state index < -0.39 is 12.1 Å². The molecule has 24 heavy (non-hydrogen) atoms. The van der Waals surface area contributed by atoms with E-state index in [9.17, 15) is 9.59 Å². The van der Waals surface area contributed by atoms with Crippen LogP contribution in [0.3, 0.4) is 0 Å². The molecule has 0 spiro atoms. The Hall–Kier alpha value is -2.34. The lowest BCUT2D eigenvalue weighted by molar-refractivity contribution is -0.129. The topological polar surface area (TPSA) is 64.6 Å². The molecule has 0 bridgehead atoms. The summed E-state index contributed by atoms with van der Waals surface area (Å²) in [5.74, 6) is -0.123. The minimum atomic E-state index is -0.869. The number of thiophene rings is 1. The average molecular weight is 347 g/mol. The van der Waals surface area contributed by atoms with Gasteiger partial charge in [0.25, 0.3) is 5.91 Å². The lowest BCUT2D eigenvalue weighted by Crippen LogP contribution is -2.35. The molecule has 0 radical (unpaired) electrons. The first-order valence-electron chi connectivity index (χ1n) is 7.60. The molecule has 1 aromatic carbocycles. The molecule has 0 aliphatic carbocycles. The van der Waals surface area contributed by atoms with Crippen LogP contribution in [0, 0.1) is 13.8 Å². The fourth-order valence-electron chi connectivity index (χ4n) is 2.29. The number of esters is 1. The van der Waals surface area contributed by atoms with Gasteiger partial charge in [-0.3, -0.25) is 4.79 Å². The van der Waals surface area contributed by atoms with Gasteiger partial charge in [0, 0.05) is 21.9 Å². The molecule has 0 fully saturated rings. The molecular weight excluding hydrogens is 326 g/mol. The van der Waals surface area contributed by atoms with Gasteiger partial charge >= 0.3 is 5.97 Å². The van der Waals surface area contributed by atoms with E-state index in [1.807, 2.05) is 38.1 Å². The van der Waals surface area contributed by atoms with Crippen molar-refractivity contribution in [1.82, 2.24) is 5.32 Å². The summed E-state index contributed by atoms with van der Waals surface area (Å²) >= 11 is 1.53. The Bertz CT molecular complexity index is 738. The molecular formula is C18H21NO4S. The average Bonchev–Trinajstić information content (AvgIpc) is 2.91. The normalized spacial score (nSPS) is 11.7. The van der Waals surface area contributed by atoms with Crippen LogP contribution in [-0.4, -0.2) is 25.1 Å². The summed E-state index contributed by atoms with van der Waals surface area (Å²) in [6.45, 7) is 5.66. The molecule has 1 amide bonds.